The van der Waals surface area contributed by atoms with Crippen LogP contribution in [0.2, 0.25) is 5.02 Å². The Morgan fingerprint density at radius 2 is 1.76 bits per heavy atom. The molecule has 0 atom stereocenters. The van der Waals surface area contributed by atoms with Crippen molar-refractivity contribution in [2.75, 3.05) is 7.11 Å². The van der Waals surface area contributed by atoms with Gasteiger partial charge < -0.3 is 9.47 Å². The molecule has 17 heavy (non-hydrogen) atoms. The van der Waals surface area contributed by atoms with E-state index in [2.05, 4.69) is 0 Å². The second-order valence-electron chi connectivity index (χ2n) is 3.57. The average Bonchev–Trinajstić information content (AvgIpc) is 2.37. The summed E-state index contributed by atoms with van der Waals surface area (Å²) in [5, 5.41) is 0.714. The minimum Gasteiger partial charge on any atom is -0.493 e. The molecule has 0 bridgehead atoms. The van der Waals surface area contributed by atoms with Gasteiger partial charge in [-0.25, -0.2) is 0 Å². The number of hydrogen-bond donors (Lipinski definition) is 0. The van der Waals surface area contributed by atoms with Crippen LogP contribution >= 0.6 is 11.6 Å². The highest BCUT2D eigenvalue weighted by molar-refractivity contribution is 6.30. The smallest absolute Gasteiger partial charge is 0.161 e. The van der Waals surface area contributed by atoms with E-state index >= 15 is 0 Å². The van der Waals surface area contributed by atoms with Gasteiger partial charge in [0.15, 0.2) is 11.5 Å². The molecule has 2 aromatic rings. The van der Waals surface area contributed by atoms with Crippen LogP contribution in [0.5, 0.6) is 11.5 Å². The molecule has 0 fully saturated rings. The molecule has 3 heteroatoms. The van der Waals surface area contributed by atoms with Crippen molar-refractivity contribution in [3.63, 3.8) is 0 Å². The second-order valence-corrected chi connectivity index (χ2v) is 4.01. The van der Waals surface area contributed by atoms with Crippen LogP contribution in [-0.4, -0.2) is 7.11 Å². The highest BCUT2D eigenvalue weighted by atomic mass is 35.5. The Morgan fingerprint density at radius 1 is 1.00 bits per heavy atom. The van der Waals surface area contributed by atoms with Gasteiger partial charge in [-0.3, -0.25) is 0 Å². The van der Waals surface area contributed by atoms with Crippen LogP contribution in [0.1, 0.15) is 5.56 Å². The Kier molecular flexibility index (Phi) is 3.89. The van der Waals surface area contributed by atoms with E-state index in [1.807, 2.05) is 48.5 Å². The fraction of sp³-hybridized carbons (Fsp3) is 0.143. The first-order valence-electron chi connectivity index (χ1n) is 5.30. The van der Waals surface area contributed by atoms with Crippen molar-refractivity contribution in [1.82, 2.24) is 0 Å². The quantitative estimate of drug-likeness (QED) is 0.816. The molecule has 0 saturated heterocycles. The van der Waals surface area contributed by atoms with Crippen molar-refractivity contribution >= 4 is 11.6 Å². The van der Waals surface area contributed by atoms with E-state index in [1.165, 1.54) is 0 Å². The lowest BCUT2D eigenvalue weighted by Gasteiger charge is -2.10. The lowest BCUT2D eigenvalue weighted by Crippen LogP contribution is -1.97. The van der Waals surface area contributed by atoms with Gasteiger partial charge in [-0.1, -0.05) is 35.9 Å². The molecule has 2 nitrogen and oxygen atoms in total. The maximum absolute atomic E-state index is 5.90. The molecule has 88 valence electrons. The highest BCUT2D eigenvalue weighted by Crippen LogP contribution is 2.26. The third-order valence-electron chi connectivity index (χ3n) is 2.35. The van der Waals surface area contributed by atoms with E-state index in [1.54, 1.807) is 7.11 Å². The average molecular weight is 249 g/mol. The molecule has 0 aliphatic rings. The van der Waals surface area contributed by atoms with Gasteiger partial charge in [0.25, 0.3) is 0 Å². The van der Waals surface area contributed by atoms with Crippen LogP contribution < -0.4 is 9.47 Å². The minimum atomic E-state index is 0.473. The van der Waals surface area contributed by atoms with E-state index in [0.717, 1.165) is 17.1 Å². The summed E-state index contributed by atoms with van der Waals surface area (Å²) >= 11 is 5.90. The normalized spacial score (nSPS) is 10.0. The van der Waals surface area contributed by atoms with Crippen LogP contribution in [0, 0.1) is 0 Å². The molecule has 2 aromatic carbocycles. The molecule has 0 heterocycles. The number of benzene rings is 2. The molecule has 0 aliphatic carbocycles. The maximum Gasteiger partial charge on any atom is 0.161 e. The topological polar surface area (TPSA) is 18.5 Å². The number of ether oxygens (including phenoxy) is 2. The van der Waals surface area contributed by atoms with Gasteiger partial charge in [0.2, 0.25) is 0 Å². The van der Waals surface area contributed by atoms with Gasteiger partial charge in [0.05, 0.1) is 7.11 Å². The van der Waals surface area contributed by atoms with Crippen molar-refractivity contribution in [3.8, 4) is 11.5 Å². The molecule has 2 rings (SSSR count). The molecule has 0 aromatic heterocycles. The summed E-state index contributed by atoms with van der Waals surface area (Å²) < 4.78 is 10.9. The summed E-state index contributed by atoms with van der Waals surface area (Å²) in [6.45, 7) is 0.473. The van der Waals surface area contributed by atoms with Crippen molar-refractivity contribution in [2.45, 2.75) is 6.61 Å². The predicted octanol–water partition coefficient (Wildman–Crippen LogP) is 3.93. The van der Waals surface area contributed by atoms with Gasteiger partial charge >= 0.3 is 0 Å². The van der Waals surface area contributed by atoms with Crippen LogP contribution in [-0.2, 0) is 6.61 Å². The lowest BCUT2D eigenvalue weighted by atomic mass is 10.2. The molecule has 0 saturated carbocycles. The predicted molar refractivity (Wildman–Crippen MR) is 68.8 cm³/mol. The summed E-state index contributed by atoms with van der Waals surface area (Å²) in [6, 6.07) is 15.2. The largest absolute Gasteiger partial charge is 0.493 e. The molecule has 0 unspecified atom stereocenters. The second kappa shape index (κ2) is 5.60. The molecule has 0 N–H and O–H groups in total. The maximum atomic E-state index is 5.90. The van der Waals surface area contributed by atoms with Crippen molar-refractivity contribution in [3.05, 3.63) is 59.1 Å². The van der Waals surface area contributed by atoms with Gasteiger partial charge in [-0.2, -0.15) is 0 Å². The Labute approximate surface area is 106 Å². The SMILES string of the molecule is COc1ccccc1OCc1cccc(Cl)c1. The van der Waals surface area contributed by atoms with Crippen molar-refractivity contribution in [1.29, 1.82) is 0 Å². The molecule has 0 aliphatic heterocycles. The number of para-hydroxylation sites is 2. The third kappa shape index (κ3) is 3.14. The summed E-state index contributed by atoms with van der Waals surface area (Å²) in [5.74, 6) is 1.46. The monoisotopic (exact) mass is 248 g/mol. The van der Waals surface area contributed by atoms with Crippen LogP contribution in [0.3, 0.4) is 0 Å². The molecular formula is C14H13ClO2. The molecule has 0 spiro atoms. The van der Waals surface area contributed by atoms with E-state index in [9.17, 15) is 0 Å². The third-order valence-corrected chi connectivity index (χ3v) is 2.59. The minimum absolute atomic E-state index is 0.473. The Morgan fingerprint density at radius 3 is 2.47 bits per heavy atom. The summed E-state index contributed by atoms with van der Waals surface area (Å²) in [5.41, 5.74) is 1.03. The Bertz CT molecular complexity index is 497. The fourth-order valence-electron chi connectivity index (χ4n) is 1.53. The first-order chi connectivity index (χ1) is 8.29. The molecule has 0 radical (unpaired) electrons. The number of rotatable bonds is 4. The van der Waals surface area contributed by atoms with Crippen LogP contribution in [0.15, 0.2) is 48.5 Å². The summed E-state index contributed by atoms with van der Waals surface area (Å²) in [4.78, 5) is 0. The molecular weight excluding hydrogens is 236 g/mol. The van der Waals surface area contributed by atoms with Gasteiger partial charge in [0.1, 0.15) is 6.61 Å². The number of methoxy groups -OCH3 is 1. The lowest BCUT2D eigenvalue weighted by molar-refractivity contribution is 0.284. The fourth-order valence-corrected chi connectivity index (χ4v) is 1.74. The number of halogens is 1. The van der Waals surface area contributed by atoms with Gasteiger partial charge in [-0.15, -0.1) is 0 Å². The van der Waals surface area contributed by atoms with Crippen molar-refractivity contribution in [2.24, 2.45) is 0 Å². The first-order valence-corrected chi connectivity index (χ1v) is 5.67. The van der Waals surface area contributed by atoms with Crippen LogP contribution in [0.4, 0.5) is 0 Å². The van der Waals surface area contributed by atoms with Gasteiger partial charge in [0, 0.05) is 5.02 Å². The highest BCUT2D eigenvalue weighted by Gasteiger charge is 2.02. The first kappa shape index (κ1) is 11.8. The Hall–Kier alpha value is -1.67. The standard InChI is InChI=1S/C14H13ClO2/c1-16-13-7-2-3-8-14(13)17-10-11-5-4-6-12(15)9-11/h2-9H,10H2,1H3. The van der Waals surface area contributed by atoms with E-state index < -0.39 is 0 Å². The zero-order valence-electron chi connectivity index (χ0n) is 9.52. The van der Waals surface area contributed by atoms with E-state index in [0.29, 0.717) is 11.6 Å². The zero-order valence-corrected chi connectivity index (χ0v) is 10.3. The van der Waals surface area contributed by atoms with E-state index in [4.69, 9.17) is 21.1 Å². The molecule has 0 amide bonds. The van der Waals surface area contributed by atoms with Crippen LogP contribution in [0.25, 0.3) is 0 Å². The Balaban J connectivity index is 2.07. The summed E-state index contributed by atoms with van der Waals surface area (Å²) in [7, 11) is 1.63. The number of hydrogen-bond acceptors (Lipinski definition) is 2. The van der Waals surface area contributed by atoms with Crippen molar-refractivity contribution < 1.29 is 9.47 Å². The van der Waals surface area contributed by atoms with E-state index in [-0.39, 0.29) is 0 Å². The zero-order chi connectivity index (χ0) is 12.1. The summed E-state index contributed by atoms with van der Waals surface area (Å²) in [6.07, 6.45) is 0. The van der Waals surface area contributed by atoms with Gasteiger partial charge in [-0.05, 0) is 29.8 Å².